The Morgan fingerprint density at radius 3 is 2.74 bits per heavy atom. The monoisotopic (exact) mass is 351 g/mol. The highest BCUT2D eigenvalue weighted by molar-refractivity contribution is 6.35. The molecular weight excluding hydrogens is 337 g/mol. The van der Waals surface area contributed by atoms with Crippen molar-refractivity contribution in [3.8, 4) is 0 Å². The molecule has 7 heteroatoms. The second-order valence-corrected chi connectivity index (χ2v) is 5.92. The Morgan fingerprint density at radius 1 is 1.17 bits per heavy atom. The van der Waals surface area contributed by atoms with Crippen molar-refractivity contribution in [3.05, 3.63) is 52.1 Å². The van der Waals surface area contributed by atoms with Gasteiger partial charge in [-0.2, -0.15) is 0 Å². The van der Waals surface area contributed by atoms with Crippen LogP contribution in [0.5, 0.6) is 0 Å². The molecule has 1 saturated heterocycles. The molecule has 23 heavy (non-hydrogen) atoms. The van der Waals surface area contributed by atoms with E-state index in [1.807, 2.05) is 0 Å². The molecule has 1 aliphatic heterocycles. The number of hydrogen-bond acceptors (Lipinski definition) is 4. The molecular formula is C16H15Cl2N3O2. The van der Waals surface area contributed by atoms with E-state index >= 15 is 0 Å². The van der Waals surface area contributed by atoms with Crippen LogP contribution in [0.15, 0.2) is 36.5 Å². The fourth-order valence-corrected chi connectivity index (χ4v) is 2.65. The van der Waals surface area contributed by atoms with E-state index in [1.54, 1.807) is 36.5 Å². The van der Waals surface area contributed by atoms with Crippen molar-refractivity contribution >= 4 is 40.6 Å². The molecule has 0 saturated carbocycles. The molecule has 1 aromatic carbocycles. The van der Waals surface area contributed by atoms with Crippen LogP contribution in [-0.4, -0.2) is 37.2 Å². The molecule has 1 amide bonds. The van der Waals surface area contributed by atoms with Crippen LogP contribution in [0.3, 0.4) is 0 Å². The number of anilines is 2. The second-order valence-electron chi connectivity index (χ2n) is 5.08. The summed E-state index contributed by atoms with van der Waals surface area (Å²) in [6.45, 7) is 2.85. The lowest BCUT2D eigenvalue weighted by molar-refractivity contribution is 0.102. The lowest BCUT2D eigenvalue weighted by Crippen LogP contribution is -2.36. The van der Waals surface area contributed by atoms with Crippen molar-refractivity contribution in [2.24, 2.45) is 0 Å². The lowest BCUT2D eigenvalue weighted by Gasteiger charge is -2.27. The van der Waals surface area contributed by atoms with Gasteiger partial charge < -0.3 is 15.0 Å². The molecule has 0 unspecified atom stereocenters. The molecule has 0 bridgehead atoms. The Hall–Kier alpha value is -1.82. The van der Waals surface area contributed by atoms with E-state index in [1.165, 1.54) is 0 Å². The number of hydrogen-bond donors (Lipinski definition) is 1. The van der Waals surface area contributed by atoms with Gasteiger partial charge in [0.25, 0.3) is 5.91 Å². The second kappa shape index (κ2) is 7.17. The van der Waals surface area contributed by atoms with Gasteiger partial charge in [0.05, 0.1) is 23.9 Å². The van der Waals surface area contributed by atoms with Gasteiger partial charge in [-0.15, -0.1) is 0 Å². The molecule has 5 nitrogen and oxygen atoms in total. The van der Waals surface area contributed by atoms with Gasteiger partial charge in [0.2, 0.25) is 0 Å². The normalized spacial score (nSPS) is 14.6. The maximum absolute atomic E-state index is 12.4. The summed E-state index contributed by atoms with van der Waals surface area (Å²) in [7, 11) is 0. The number of halogens is 2. The molecule has 1 aromatic heterocycles. The number of pyridine rings is 1. The zero-order valence-electron chi connectivity index (χ0n) is 12.3. The number of amides is 1. The summed E-state index contributed by atoms with van der Waals surface area (Å²) < 4.78 is 5.33. The summed E-state index contributed by atoms with van der Waals surface area (Å²) in [6.07, 6.45) is 1.62. The fraction of sp³-hybridized carbons (Fsp3) is 0.250. The number of aromatic nitrogens is 1. The van der Waals surface area contributed by atoms with Crippen LogP contribution in [0.1, 0.15) is 10.4 Å². The molecule has 120 valence electrons. The maximum atomic E-state index is 12.4. The van der Waals surface area contributed by atoms with Crippen molar-refractivity contribution in [1.29, 1.82) is 0 Å². The molecule has 1 aliphatic rings. The van der Waals surface area contributed by atoms with E-state index in [9.17, 15) is 4.79 Å². The molecule has 2 aromatic rings. The minimum Gasteiger partial charge on any atom is -0.378 e. The summed E-state index contributed by atoms with van der Waals surface area (Å²) in [5.41, 5.74) is 0.992. The Morgan fingerprint density at radius 2 is 1.96 bits per heavy atom. The third-order valence-electron chi connectivity index (χ3n) is 3.52. The summed E-state index contributed by atoms with van der Waals surface area (Å²) in [4.78, 5) is 18.8. The minimum atomic E-state index is -0.258. The number of nitrogens with zero attached hydrogens (tertiary/aromatic N) is 2. The van der Waals surface area contributed by atoms with Gasteiger partial charge in [-0.3, -0.25) is 4.79 Å². The van der Waals surface area contributed by atoms with Crippen molar-refractivity contribution in [2.45, 2.75) is 0 Å². The number of carbonyl (C=O) groups excluding carboxylic acids is 1. The number of benzene rings is 1. The molecule has 3 rings (SSSR count). The SMILES string of the molecule is O=C(Nc1cc(Cl)ccc1Cl)c1ccnc(N2CCOCC2)c1. The first kappa shape index (κ1) is 16.1. The van der Waals surface area contributed by atoms with Gasteiger partial charge in [0, 0.05) is 29.9 Å². The average Bonchev–Trinajstić information content (AvgIpc) is 2.59. The van der Waals surface area contributed by atoms with Crippen LogP contribution in [0.4, 0.5) is 11.5 Å². The molecule has 0 aliphatic carbocycles. The topological polar surface area (TPSA) is 54.5 Å². The number of nitrogens with one attached hydrogen (secondary N) is 1. The van der Waals surface area contributed by atoms with Gasteiger partial charge >= 0.3 is 0 Å². The Bertz CT molecular complexity index is 718. The molecule has 0 radical (unpaired) electrons. The van der Waals surface area contributed by atoms with E-state index < -0.39 is 0 Å². The standard InChI is InChI=1S/C16H15Cl2N3O2/c17-12-1-2-13(18)14(10-12)20-16(22)11-3-4-19-15(9-11)21-5-7-23-8-6-21/h1-4,9-10H,5-8H2,(H,20,22). The number of morpholine rings is 1. The number of ether oxygens (including phenoxy) is 1. The first-order valence-corrected chi connectivity index (χ1v) is 7.94. The van der Waals surface area contributed by atoms with Gasteiger partial charge in [0.15, 0.2) is 0 Å². The molecule has 1 N–H and O–H groups in total. The van der Waals surface area contributed by atoms with E-state index in [0.717, 1.165) is 18.9 Å². The van der Waals surface area contributed by atoms with Crippen molar-refractivity contribution < 1.29 is 9.53 Å². The highest BCUT2D eigenvalue weighted by Crippen LogP contribution is 2.26. The average molecular weight is 352 g/mol. The summed E-state index contributed by atoms with van der Waals surface area (Å²) in [6, 6.07) is 8.36. The Labute approximate surface area is 144 Å². The number of rotatable bonds is 3. The summed E-state index contributed by atoms with van der Waals surface area (Å²) >= 11 is 12.0. The molecule has 2 heterocycles. The van der Waals surface area contributed by atoms with E-state index in [-0.39, 0.29) is 5.91 Å². The Kier molecular flexibility index (Phi) is 5.00. The van der Waals surface area contributed by atoms with Crippen LogP contribution in [0.25, 0.3) is 0 Å². The maximum Gasteiger partial charge on any atom is 0.255 e. The van der Waals surface area contributed by atoms with E-state index in [2.05, 4.69) is 15.2 Å². The first-order chi connectivity index (χ1) is 11.1. The van der Waals surface area contributed by atoms with Gasteiger partial charge in [-0.1, -0.05) is 23.2 Å². The van der Waals surface area contributed by atoms with Crippen molar-refractivity contribution in [1.82, 2.24) is 4.98 Å². The highest BCUT2D eigenvalue weighted by atomic mass is 35.5. The molecule has 0 spiro atoms. The number of carbonyl (C=O) groups is 1. The third kappa shape index (κ3) is 3.93. The zero-order valence-corrected chi connectivity index (χ0v) is 13.8. The largest absolute Gasteiger partial charge is 0.378 e. The summed E-state index contributed by atoms with van der Waals surface area (Å²) in [5, 5.41) is 3.71. The smallest absolute Gasteiger partial charge is 0.255 e. The zero-order chi connectivity index (χ0) is 16.2. The van der Waals surface area contributed by atoms with E-state index in [0.29, 0.717) is 34.5 Å². The predicted octanol–water partition coefficient (Wildman–Crippen LogP) is 3.48. The van der Waals surface area contributed by atoms with Crippen molar-refractivity contribution in [2.75, 3.05) is 36.5 Å². The van der Waals surface area contributed by atoms with Gasteiger partial charge in [0.1, 0.15) is 5.82 Å². The van der Waals surface area contributed by atoms with Crippen LogP contribution < -0.4 is 10.2 Å². The van der Waals surface area contributed by atoms with Crippen LogP contribution in [0, 0.1) is 0 Å². The predicted molar refractivity (Wildman–Crippen MR) is 91.7 cm³/mol. The summed E-state index contributed by atoms with van der Waals surface area (Å²) in [5.74, 6) is 0.504. The quantitative estimate of drug-likeness (QED) is 0.919. The minimum absolute atomic E-state index is 0.258. The van der Waals surface area contributed by atoms with Crippen molar-refractivity contribution in [3.63, 3.8) is 0 Å². The highest BCUT2D eigenvalue weighted by Gasteiger charge is 2.15. The van der Waals surface area contributed by atoms with Crippen LogP contribution in [0.2, 0.25) is 10.0 Å². The first-order valence-electron chi connectivity index (χ1n) is 7.18. The Balaban J connectivity index is 1.78. The van der Waals surface area contributed by atoms with Gasteiger partial charge in [-0.25, -0.2) is 4.98 Å². The molecule has 0 atom stereocenters. The van der Waals surface area contributed by atoms with Gasteiger partial charge in [-0.05, 0) is 30.3 Å². The lowest BCUT2D eigenvalue weighted by atomic mass is 10.2. The van der Waals surface area contributed by atoms with E-state index in [4.69, 9.17) is 27.9 Å². The van der Waals surface area contributed by atoms with Crippen LogP contribution >= 0.6 is 23.2 Å². The third-order valence-corrected chi connectivity index (χ3v) is 4.08. The van der Waals surface area contributed by atoms with Crippen LogP contribution in [-0.2, 0) is 4.74 Å². The molecule has 1 fully saturated rings. The fourth-order valence-electron chi connectivity index (χ4n) is 2.31.